The summed E-state index contributed by atoms with van der Waals surface area (Å²) in [4.78, 5) is 25.2. The standard InChI is InChI=1S/C12H12N4O5/c17-12(18)11-8(2-1-3-9(11)16(19)20)6-13-5-4-10-14-7-15-21-10/h1-3,7,13H,4-6H2,(H,17,18). The molecule has 0 fully saturated rings. The molecule has 0 saturated carbocycles. The second-order valence-electron chi connectivity index (χ2n) is 4.14. The van der Waals surface area contributed by atoms with Gasteiger partial charge in [0, 0.05) is 25.6 Å². The van der Waals surface area contributed by atoms with Crippen molar-refractivity contribution in [2.75, 3.05) is 6.54 Å². The summed E-state index contributed by atoms with van der Waals surface area (Å²) in [7, 11) is 0. The van der Waals surface area contributed by atoms with Crippen LogP contribution in [0.5, 0.6) is 0 Å². The second-order valence-corrected chi connectivity index (χ2v) is 4.14. The lowest BCUT2D eigenvalue weighted by atomic mass is 10.1. The Bertz CT molecular complexity index is 641. The molecule has 1 aromatic heterocycles. The number of nitrogens with one attached hydrogen (secondary N) is 1. The maximum Gasteiger partial charge on any atom is 0.343 e. The van der Waals surface area contributed by atoms with E-state index in [1.165, 1.54) is 24.5 Å². The lowest BCUT2D eigenvalue weighted by Gasteiger charge is -2.07. The Kier molecular flexibility index (Phi) is 4.57. The first-order chi connectivity index (χ1) is 10.1. The summed E-state index contributed by atoms with van der Waals surface area (Å²) in [6.45, 7) is 0.668. The van der Waals surface area contributed by atoms with Gasteiger partial charge in [-0.3, -0.25) is 10.1 Å². The zero-order chi connectivity index (χ0) is 15.2. The van der Waals surface area contributed by atoms with Crippen molar-refractivity contribution in [3.05, 3.63) is 51.7 Å². The van der Waals surface area contributed by atoms with E-state index in [4.69, 9.17) is 9.63 Å². The molecule has 1 heterocycles. The predicted molar refractivity (Wildman–Crippen MR) is 69.8 cm³/mol. The molecular weight excluding hydrogens is 280 g/mol. The molecule has 9 nitrogen and oxygen atoms in total. The monoisotopic (exact) mass is 292 g/mol. The Labute approximate surface area is 118 Å². The van der Waals surface area contributed by atoms with Crippen LogP contribution in [0.1, 0.15) is 21.8 Å². The summed E-state index contributed by atoms with van der Waals surface area (Å²) in [5.41, 5.74) is -0.367. The number of benzene rings is 1. The molecule has 0 unspecified atom stereocenters. The highest BCUT2D eigenvalue weighted by Gasteiger charge is 2.22. The minimum Gasteiger partial charge on any atom is -0.477 e. The molecule has 2 rings (SSSR count). The SMILES string of the molecule is O=C(O)c1c(CNCCc2ncno2)cccc1[N+](=O)[O-]. The molecule has 0 amide bonds. The Morgan fingerprint density at radius 2 is 2.29 bits per heavy atom. The van der Waals surface area contributed by atoms with Gasteiger partial charge in [0.1, 0.15) is 5.56 Å². The number of carbonyl (C=O) groups is 1. The number of hydrogen-bond acceptors (Lipinski definition) is 7. The van der Waals surface area contributed by atoms with Gasteiger partial charge in [-0.15, -0.1) is 0 Å². The highest BCUT2D eigenvalue weighted by atomic mass is 16.6. The molecule has 0 spiro atoms. The van der Waals surface area contributed by atoms with Crippen LogP contribution in [0, 0.1) is 10.1 Å². The number of aromatic carboxylic acids is 1. The lowest BCUT2D eigenvalue weighted by molar-refractivity contribution is -0.385. The number of hydrogen-bond donors (Lipinski definition) is 2. The first kappa shape index (κ1) is 14.6. The van der Waals surface area contributed by atoms with E-state index in [9.17, 15) is 14.9 Å². The molecule has 0 aliphatic carbocycles. The summed E-state index contributed by atoms with van der Waals surface area (Å²) >= 11 is 0. The first-order valence-corrected chi connectivity index (χ1v) is 6.05. The first-order valence-electron chi connectivity index (χ1n) is 6.05. The van der Waals surface area contributed by atoms with E-state index >= 15 is 0 Å². The highest BCUT2D eigenvalue weighted by Crippen LogP contribution is 2.22. The van der Waals surface area contributed by atoms with E-state index in [1.807, 2.05) is 0 Å². The maximum atomic E-state index is 11.2. The third-order valence-electron chi connectivity index (χ3n) is 2.78. The van der Waals surface area contributed by atoms with Gasteiger partial charge in [0.15, 0.2) is 6.33 Å². The van der Waals surface area contributed by atoms with Gasteiger partial charge < -0.3 is 14.9 Å². The zero-order valence-corrected chi connectivity index (χ0v) is 10.9. The van der Waals surface area contributed by atoms with Crippen LogP contribution in [0.25, 0.3) is 0 Å². The van der Waals surface area contributed by atoms with E-state index in [1.54, 1.807) is 0 Å². The maximum absolute atomic E-state index is 11.2. The third-order valence-corrected chi connectivity index (χ3v) is 2.78. The molecule has 0 saturated heterocycles. The molecule has 0 radical (unpaired) electrons. The van der Waals surface area contributed by atoms with E-state index in [0.29, 0.717) is 24.4 Å². The highest BCUT2D eigenvalue weighted by molar-refractivity contribution is 5.94. The van der Waals surface area contributed by atoms with E-state index in [-0.39, 0.29) is 12.1 Å². The minimum absolute atomic E-state index is 0.192. The molecule has 0 aliphatic rings. The molecule has 110 valence electrons. The fourth-order valence-corrected chi connectivity index (χ4v) is 1.86. The van der Waals surface area contributed by atoms with Crippen molar-refractivity contribution in [3.63, 3.8) is 0 Å². The average Bonchev–Trinajstić information content (AvgIpc) is 2.96. The summed E-state index contributed by atoms with van der Waals surface area (Å²) in [6, 6.07) is 4.17. The number of aromatic nitrogens is 2. The van der Waals surface area contributed by atoms with Crippen molar-refractivity contribution in [2.45, 2.75) is 13.0 Å². The second kappa shape index (κ2) is 6.57. The molecular formula is C12H12N4O5. The van der Waals surface area contributed by atoms with Crippen LogP contribution in [0.2, 0.25) is 0 Å². The van der Waals surface area contributed by atoms with Gasteiger partial charge in [-0.05, 0) is 5.56 Å². The van der Waals surface area contributed by atoms with E-state index in [2.05, 4.69) is 15.5 Å². The van der Waals surface area contributed by atoms with Gasteiger partial charge in [-0.2, -0.15) is 4.98 Å². The molecule has 2 aromatic rings. The average molecular weight is 292 g/mol. The van der Waals surface area contributed by atoms with Crippen LogP contribution in [-0.4, -0.2) is 32.7 Å². The fourth-order valence-electron chi connectivity index (χ4n) is 1.86. The topological polar surface area (TPSA) is 131 Å². The number of carboxylic acids is 1. The Morgan fingerprint density at radius 3 is 2.90 bits per heavy atom. The van der Waals surface area contributed by atoms with E-state index in [0.717, 1.165) is 0 Å². The van der Waals surface area contributed by atoms with Crippen LogP contribution < -0.4 is 5.32 Å². The van der Waals surface area contributed by atoms with Crippen molar-refractivity contribution in [2.24, 2.45) is 0 Å². The summed E-state index contributed by atoms with van der Waals surface area (Å²) in [5.74, 6) is -0.865. The summed E-state index contributed by atoms with van der Waals surface area (Å²) in [5, 5.41) is 26.4. The largest absolute Gasteiger partial charge is 0.477 e. The summed E-state index contributed by atoms with van der Waals surface area (Å²) in [6.07, 6.45) is 1.77. The number of nitro benzene ring substituents is 1. The minimum atomic E-state index is -1.32. The number of nitro groups is 1. The van der Waals surface area contributed by atoms with Crippen LogP contribution in [0.15, 0.2) is 29.0 Å². The molecule has 0 bridgehead atoms. The van der Waals surface area contributed by atoms with Gasteiger partial charge in [0.2, 0.25) is 5.89 Å². The predicted octanol–water partition coefficient (Wildman–Crippen LogP) is 1.01. The van der Waals surface area contributed by atoms with Crippen molar-refractivity contribution in [3.8, 4) is 0 Å². The fraction of sp³-hybridized carbons (Fsp3) is 0.250. The quantitative estimate of drug-likeness (QED) is 0.439. The Morgan fingerprint density at radius 1 is 1.48 bits per heavy atom. The van der Waals surface area contributed by atoms with Gasteiger partial charge in [0.25, 0.3) is 5.69 Å². The summed E-state index contributed by atoms with van der Waals surface area (Å²) < 4.78 is 4.81. The van der Waals surface area contributed by atoms with Crippen molar-refractivity contribution in [1.29, 1.82) is 0 Å². The van der Waals surface area contributed by atoms with Crippen molar-refractivity contribution >= 4 is 11.7 Å². The Hall–Kier alpha value is -2.81. The lowest BCUT2D eigenvalue weighted by Crippen LogP contribution is -2.19. The zero-order valence-electron chi connectivity index (χ0n) is 10.9. The molecule has 9 heteroatoms. The molecule has 0 aliphatic heterocycles. The van der Waals surface area contributed by atoms with Crippen molar-refractivity contribution in [1.82, 2.24) is 15.5 Å². The number of carboxylic acid groups (broad SMARTS) is 1. The molecule has 21 heavy (non-hydrogen) atoms. The normalized spacial score (nSPS) is 10.5. The smallest absolute Gasteiger partial charge is 0.343 e. The van der Waals surface area contributed by atoms with Gasteiger partial charge in [-0.1, -0.05) is 17.3 Å². The molecule has 2 N–H and O–H groups in total. The molecule has 1 aromatic carbocycles. The van der Waals surface area contributed by atoms with Gasteiger partial charge in [0.05, 0.1) is 4.92 Å². The third kappa shape index (κ3) is 3.60. The van der Waals surface area contributed by atoms with Gasteiger partial charge >= 0.3 is 5.97 Å². The van der Waals surface area contributed by atoms with Crippen LogP contribution in [0.3, 0.4) is 0 Å². The van der Waals surface area contributed by atoms with E-state index < -0.39 is 16.6 Å². The van der Waals surface area contributed by atoms with Crippen LogP contribution in [0.4, 0.5) is 5.69 Å². The number of rotatable bonds is 7. The van der Waals surface area contributed by atoms with Crippen molar-refractivity contribution < 1.29 is 19.3 Å². The van der Waals surface area contributed by atoms with Gasteiger partial charge in [-0.25, -0.2) is 4.79 Å². The number of nitrogens with zero attached hydrogens (tertiary/aromatic N) is 3. The Balaban J connectivity index is 2.04. The van der Waals surface area contributed by atoms with Crippen LogP contribution >= 0.6 is 0 Å². The molecule has 0 atom stereocenters. The van der Waals surface area contributed by atoms with Crippen LogP contribution in [-0.2, 0) is 13.0 Å².